The number of nitrogens with two attached hydrogens (primary N) is 1. The summed E-state index contributed by atoms with van der Waals surface area (Å²) in [7, 11) is 1.71. The van der Waals surface area contributed by atoms with E-state index in [1.807, 2.05) is 18.2 Å². The number of methoxy groups -OCH3 is 1. The molecule has 3 heteroatoms. The second kappa shape index (κ2) is 4.47. The Bertz CT molecular complexity index is 436. The maximum absolute atomic E-state index is 5.54. The minimum atomic E-state index is 0.0781. The lowest BCUT2D eigenvalue weighted by Gasteiger charge is -2.14. The summed E-state index contributed by atoms with van der Waals surface area (Å²) in [5.74, 6) is 0. The molecule has 3 nitrogen and oxygen atoms in total. The fourth-order valence-corrected chi connectivity index (χ4v) is 1.76. The minimum absolute atomic E-state index is 0.0781. The Labute approximate surface area is 88.8 Å². The summed E-state index contributed by atoms with van der Waals surface area (Å²) in [6, 6.07) is 8.03. The molecule has 15 heavy (non-hydrogen) atoms. The van der Waals surface area contributed by atoms with Crippen LogP contribution in [0.15, 0.2) is 34.9 Å². The smallest absolute Gasteiger partial charge is 0.133 e. The largest absolute Gasteiger partial charge is 0.464 e. The zero-order chi connectivity index (χ0) is 10.7. The fourth-order valence-electron chi connectivity index (χ4n) is 1.76. The average Bonchev–Trinajstić information content (AvgIpc) is 2.72. The molecule has 1 unspecified atom stereocenters. The Morgan fingerprint density at radius 3 is 3.00 bits per heavy atom. The predicted octanol–water partition coefficient (Wildman–Crippen LogP) is 2.47. The Morgan fingerprint density at radius 2 is 2.27 bits per heavy atom. The van der Waals surface area contributed by atoms with Gasteiger partial charge in [-0.3, -0.25) is 0 Å². The molecule has 2 N–H and O–H groups in total. The summed E-state index contributed by atoms with van der Waals surface area (Å²) >= 11 is 0. The van der Waals surface area contributed by atoms with E-state index in [0.717, 1.165) is 23.0 Å². The Kier molecular flexibility index (Phi) is 3.04. The van der Waals surface area contributed by atoms with Gasteiger partial charge in [-0.1, -0.05) is 6.07 Å². The first-order valence-electron chi connectivity index (χ1n) is 5.05. The zero-order valence-electron chi connectivity index (χ0n) is 8.77. The fraction of sp³-hybridized carbons (Fsp3) is 0.333. The highest BCUT2D eigenvalue weighted by Crippen LogP contribution is 2.24. The Morgan fingerprint density at radius 1 is 1.40 bits per heavy atom. The van der Waals surface area contributed by atoms with E-state index in [9.17, 15) is 0 Å². The van der Waals surface area contributed by atoms with E-state index in [2.05, 4.69) is 6.07 Å². The number of furan rings is 1. The van der Waals surface area contributed by atoms with Crippen molar-refractivity contribution in [1.29, 1.82) is 0 Å². The van der Waals surface area contributed by atoms with Crippen molar-refractivity contribution in [3.8, 4) is 0 Å². The van der Waals surface area contributed by atoms with Crippen LogP contribution in [-0.2, 0) is 4.74 Å². The van der Waals surface area contributed by atoms with Crippen molar-refractivity contribution in [2.75, 3.05) is 13.7 Å². The second-order valence-corrected chi connectivity index (χ2v) is 3.52. The molecular formula is C12H15NO2. The summed E-state index contributed by atoms with van der Waals surface area (Å²) in [5, 5.41) is 1.10. The number of rotatable bonds is 4. The molecule has 0 fully saturated rings. The van der Waals surface area contributed by atoms with Crippen LogP contribution < -0.4 is 5.73 Å². The molecule has 0 aliphatic heterocycles. The highest BCUT2D eigenvalue weighted by Gasteiger charge is 2.10. The third-order valence-corrected chi connectivity index (χ3v) is 2.56. The normalized spacial score (nSPS) is 13.2. The maximum atomic E-state index is 5.54. The molecule has 2 rings (SSSR count). The van der Waals surface area contributed by atoms with Gasteiger partial charge in [-0.25, -0.2) is 0 Å². The lowest BCUT2D eigenvalue weighted by molar-refractivity contribution is 0.0979. The predicted molar refractivity (Wildman–Crippen MR) is 59.6 cm³/mol. The number of hydrogen-bond donors (Lipinski definition) is 1. The highest BCUT2D eigenvalue weighted by atomic mass is 16.5. The Hall–Kier alpha value is -1.32. The zero-order valence-corrected chi connectivity index (χ0v) is 8.77. The van der Waals surface area contributed by atoms with Crippen LogP contribution in [0.5, 0.6) is 0 Å². The number of ether oxygens (including phenoxy) is 1. The number of benzene rings is 1. The van der Waals surface area contributed by atoms with Gasteiger partial charge >= 0.3 is 0 Å². The minimum Gasteiger partial charge on any atom is -0.464 e. The number of hydrogen-bond acceptors (Lipinski definition) is 3. The molecule has 0 saturated carbocycles. The van der Waals surface area contributed by atoms with Crippen LogP contribution >= 0.6 is 0 Å². The van der Waals surface area contributed by atoms with E-state index in [1.54, 1.807) is 13.4 Å². The summed E-state index contributed by atoms with van der Waals surface area (Å²) < 4.78 is 10.7. The molecule has 0 radical (unpaired) electrons. The van der Waals surface area contributed by atoms with Gasteiger partial charge in [0.2, 0.25) is 0 Å². The highest BCUT2D eigenvalue weighted by molar-refractivity contribution is 5.77. The van der Waals surface area contributed by atoms with Crippen LogP contribution in [0.3, 0.4) is 0 Å². The molecule has 0 aliphatic carbocycles. The van der Waals surface area contributed by atoms with Crippen molar-refractivity contribution < 1.29 is 9.15 Å². The van der Waals surface area contributed by atoms with E-state index >= 15 is 0 Å². The quantitative estimate of drug-likeness (QED) is 0.834. The molecule has 0 amide bonds. The lowest BCUT2D eigenvalue weighted by atomic mass is 10.0. The van der Waals surface area contributed by atoms with Crippen LogP contribution in [0.4, 0.5) is 0 Å². The summed E-state index contributed by atoms with van der Waals surface area (Å²) in [5.41, 5.74) is 7.59. The topological polar surface area (TPSA) is 48.4 Å². The maximum Gasteiger partial charge on any atom is 0.133 e. The van der Waals surface area contributed by atoms with Gasteiger partial charge in [0.15, 0.2) is 0 Å². The summed E-state index contributed by atoms with van der Waals surface area (Å²) in [6.45, 7) is 0.627. The molecule has 1 atom stereocenters. The monoisotopic (exact) mass is 205 g/mol. The van der Waals surface area contributed by atoms with Gasteiger partial charge < -0.3 is 14.9 Å². The van der Waals surface area contributed by atoms with E-state index < -0.39 is 0 Å². The molecule has 0 saturated heterocycles. The first kappa shape index (κ1) is 10.2. The van der Waals surface area contributed by atoms with Gasteiger partial charge in [0.05, 0.1) is 12.4 Å². The molecule has 80 valence electrons. The van der Waals surface area contributed by atoms with Crippen LogP contribution in [0.1, 0.15) is 18.1 Å². The molecule has 1 aromatic heterocycles. The summed E-state index contributed by atoms with van der Waals surface area (Å²) in [4.78, 5) is 0. The molecule has 0 aliphatic rings. The van der Waals surface area contributed by atoms with E-state index in [0.29, 0.717) is 6.54 Å². The first-order valence-corrected chi connectivity index (χ1v) is 5.05. The third kappa shape index (κ3) is 2.03. The van der Waals surface area contributed by atoms with Crippen molar-refractivity contribution in [3.05, 3.63) is 36.1 Å². The first-order chi connectivity index (χ1) is 7.35. The SMILES string of the molecule is COC(CCN)c1ccc2occc2c1. The van der Waals surface area contributed by atoms with Gasteiger partial charge in [-0.15, -0.1) is 0 Å². The van der Waals surface area contributed by atoms with Crippen molar-refractivity contribution in [2.24, 2.45) is 5.73 Å². The van der Waals surface area contributed by atoms with Gasteiger partial charge in [0.1, 0.15) is 5.58 Å². The molecule has 2 aromatic rings. The van der Waals surface area contributed by atoms with Crippen molar-refractivity contribution in [2.45, 2.75) is 12.5 Å². The van der Waals surface area contributed by atoms with E-state index in [-0.39, 0.29) is 6.10 Å². The van der Waals surface area contributed by atoms with Crippen LogP contribution in [0.25, 0.3) is 11.0 Å². The van der Waals surface area contributed by atoms with Crippen molar-refractivity contribution in [3.63, 3.8) is 0 Å². The molecular weight excluding hydrogens is 190 g/mol. The van der Waals surface area contributed by atoms with Crippen LogP contribution in [-0.4, -0.2) is 13.7 Å². The van der Waals surface area contributed by atoms with Gasteiger partial charge in [-0.05, 0) is 36.7 Å². The number of fused-ring (bicyclic) bond motifs is 1. The average molecular weight is 205 g/mol. The lowest BCUT2D eigenvalue weighted by Crippen LogP contribution is -2.08. The van der Waals surface area contributed by atoms with Gasteiger partial charge in [0.25, 0.3) is 0 Å². The van der Waals surface area contributed by atoms with Gasteiger partial charge in [0, 0.05) is 12.5 Å². The second-order valence-electron chi connectivity index (χ2n) is 3.52. The van der Waals surface area contributed by atoms with Crippen molar-refractivity contribution >= 4 is 11.0 Å². The van der Waals surface area contributed by atoms with Crippen LogP contribution in [0.2, 0.25) is 0 Å². The molecule has 0 spiro atoms. The molecule has 1 heterocycles. The third-order valence-electron chi connectivity index (χ3n) is 2.56. The summed E-state index contributed by atoms with van der Waals surface area (Å²) in [6.07, 6.45) is 2.60. The molecule has 1 aromatic carbocycles. The van der Waals surface area contributed by atoms with Crippen molar-refractivity contribution in [1.82, 2.24) is 0 Å². The van der Waals surface area contributed by atoms with Crippen LogP contribution in [0, 0.1) is 0 Å². The van der Waals surface area contributed by atoms with E-state index in [1.165, 1.54) is 0 Å². The van der Waals surface area contributed by atoms with Gasteiger partial charge in [-0.2, -0.15) is 0 Å². The van der Waals surface area contributed by atoms with E-state index in [4.69, 9.17) is 14.9 Å². The molecule has 0 bridgehead atoms. The Balaban J connectivity index is 2.33. The standard InChI is InChI=1S/C12H15NO2/c1-14-11(4-6-13)9-2-3-12-10(8-9)5-7-15-12/h2-3,5,7-8,11H,4,6,13H2,1H3.